The largest absolute Gasteiger partial charge is 0.328 e. The van der Waals surface area contributed by atoms with Gasteiger partial charge in [0.05, 0.1) is 11.4 Å². The van der Waals surface area contributed by atoms with E-state index in [0.717, 1.165) is 19.6 Å². The molecule has 2 aromatic rings. The first-order valence-corrected chi connectivity index (χ1v) is 10.7. The molecular weight excluding hydrogens is 340 g/mol. The van der Waals surface area contributed by atoms with Crippen LogP contribution in [0.3, 0.4) is 0 Å². The SMILES string of the molecule is Cc1ccc(CN2Cc3c(nc(C)n3C(C)C)C3(CCN(C)CC3)C2)s1. The molecule has 2 aromatic heterocycles. The Hall–Kier alpha value is -1.17. The molecule has 0 radical (unpaired) electrons. The van der Waals surface area contributed by atoms with Gasteiger partial charge in [-0.15, -0.1) is 11.3 Å². The number of imidazole rings is 1. The highest BCUT2D eigenvalue weighted by Gasteiger charge is 2.44. The molecule has 2 aliphatic rings. The Morgan fingerprint density at radius 1 is 1.19 bits per heavy atom. The average molecular weight is 373 g/mol. The van der Waals surface area contributed by atoms with Gasteiger partial charge in [-0.1, -0.05) is 0 Å². The molecule has 0 aliphatic carbocycles. The fraction of sp³-hybridized carbons (Fsp3) is 0.667. The molecule has 0 saturated carbocycles. The third kappa shape index (κ3) is 3.14. The molecule has 1 fully saturated rings. The zero-order chi connectivity index (χ0) is 18.5. The van der Waals surface area contributed by atoms with Gasteiger partial charge in [0.25, 0.3) is 0 Å². The Bertz CT molecular complexity index is 780. The number of hydrogen-bond donors (Lipinski definition) is 0. The topological polar surface area (TPSA) is 24.3 Å². The summed E-state index contributed by atoms with van der Waals surface area (Å²) in [6.07, 6.45) is 2.45. The minimum absolute atomic E-state index is 0.233. The van der Waals surface area contributed by atoms with Crippen molar-refractivity contribution >= 4 is 11.3 Å². The van der Waals surface area contributed by atoms with Crippen LogP contribution in [0.5, 0.6) is 0 Å². The highest BCUT2D eigenvalue weighted by molar-refractivity contribution is 7.11. The van der Waals surface area contributed by atoms with Crippen LogP contribution in [0.15, 0.2) is 12.1 Å². The molecule has 4 rings (SSSR count). The Kier molecular flexibility index (Phi) is 4.74. The molecular formula is C21H32N4S. The second-order valence-corrected chi connectivity index (χ2v) is 10.0. The summed E-state index contributed by atoms with van der Waals surface area (Å²) in [5.74, 6) is 1.19. The number of nitrogens with zero attached hydrogens (tertiary/aromatic N) is 4. The first kappa shape index (κ1) is 18.2. The van der Waals surface area contributed by atoms with Gasteiger partial charge in [0.1, 0.15) is 5.82 Å². The number of aromatic nitrogens is 2. The number of thiophene rings is 1. The quantitative estimate of drug-likeness (QED) is 0.810. The van der Waals surface area contributed by atoms with Crippen LogP contribution in [0.1, 0.15) is 59.7 Å². The van der Waals surface area contributed by atoms with Gasteiger partial charge in [0.15, 0.2) is 0 Å². The molecule has 0 atom stereocenters. The first-order chi connectivity index (χ1) is 12.4. The summed E-state index contributed by atoms with van der Waals surface area (Å²) >= 11 is 1.94. The molecule has 0 unspecified atom stereocenters. The van der Waals surface area contributed by atoms with Crippen LogP contribution in [0.2, 0.25) is 0 Å². The second kappa shape index (κ2) is 6.77. The maximum atomic E-state index is 5.14. The highest BCUT2D eigenvalue weighted by Crippen LogP contribution is 2.42. The van der Waals surface area contributed by atoms with Gasteiger partial charge in [-0.25, -0.2) is 4.98 Å². The second-order valence-electron chi connectivity index (χ2n) is 8.66. The van der Waals surface area contributed by atoms with Crippen molar-refractivity contribution in [1.82, 2.24) is 19.4 Å². The standard InChI is InChI=1S/C21H32N4S/c1-15(2)25-17(4)22-20-19(25)13-24(12-18-7-6-16(3)26-18)14-21(20)8-10-23(5)11-9-21/h6-7,15H,8-14H2,1-5H3. The third-order valence-corrected chi connectivity index (χ3v) is 7.21. The molecule has 0 aromatic carbocycles. The molecule has 1 saturated heterocycles. The fourth-order valence-corrected chi connectivity index (χ4v) is 5.90. The molecule has 0 N–H and O–H groups in total. The summed E-state index contributed by atoms with van der Waals surface area (Å²) in [7, 11) is 2.25. The summed E-state index contributed by atoms with van der Waals surface area (Å²) in [5.41, 5.74) is 3.12. The smallest absolute Gasteiger partial charge is 0.106 e. The van der Waals surface area contributed by atoms with E-state index in [-0.39, 0.29) is 5.41 Å². The van der Waals surface area contributed by atoms with Gasteiger partial charge in [0, 0.05) is 40.8 Å². The Morgan fingerprint density at radius 2 is 1.92 bits per heavy atom. The first-order valence-electron chi connectivity index (χ1n) is 9.92. The average Bonchev–Trinajstić information content (AvgIpc) is 3.13. The third-order valence-electron chi connectivity index (χ3n) is 6.22. The zero-order valence-corrected chi connectivity index (χ0v) is 17.7. The number of likely N-dealkylation sites (tertiary alicyclic amines) is 1. The molecule has 0 bridgehead atoms. The van der Waals surface area contributed by atoms with E-state index in [9.17, 15) is 0 Å². The zero-order valence-electron chi connectivity index (χ0n) is 16.9. The Balaban J connectivity index is 1.71. The summed E-state index contributed by atoms with van der Waals surface area (Å²) in [4.78, 5) is 13.2. The highest BCUT2D eigenvalue weighted by atomic mass is 32.1. The number of hydrogen-bond acceptors (Lipinski definition) is 4. The lowest BCUT2D eigenvalue weighted by Gasteiger charge is -2.46. The van der Waals surface area contributed by atoms with Crippen molar-refractivity contribution in [1.29, 1.82) is 0 Å². The minimum Gasteiger partial charge on any atom is -0.328 e. The van der Waals surface area contributed by atoms with Crippen LogP contribution in [-0.2, 0) is 18.5 Å². The number of aryl methyl sites for hydroxylation is 2. The van der Waals surface area contributed by atoms with Gasteiger partial charge in [-0.2, -0.15) is 0 Å². The summed E-state index contributed by atoms with van der Waals surface area (Å²) in [6.45, 7) is 14.6. The molecule has 26 heavy (non-hydrogen) atoms. The van der Waals surface area contributed by atoms with Gasteiger partial charge in [0.2, 0.25) is 0 Å². The lowest BCUT2D eigenvalue weighted by atomic mass is 9.72. The number of fused-ring (bicyclic) bond motifs is 2. The van der Waals surface area contributed by atoms with Gasteiger partial charge in [-0.3, -0.25) is 4.90 Å². The van der Waals surface area contributed by atoms with Crippen LogP contribution in [0.25, 0.3) is 0 Å². The summed E-state index contributed by atoms with van der Waals surface area (Å²) < 4.78 is 2.49. The molecule has 5 heteroatoms. The molecule has 1 spiro atoms. The van der Waals surface area contributed by atoms with E-state index in [2.05, 4.69) is 61.2 Å². The van der Waals surface area contributed by atoms with Crippen molar-refractivity contribution in [3.8, 4) is 0 Å². The van der Waals surface area contributed by atoms with E-state index < -0.39 is 0 Å². The lowest BCUT2D eigenvalue weighted by Crippen LogP contribution is -2.51. The van der Waals surface area contributed by atoms with E-state index in [1.807, 2.05) is 11.3 Å². The maximum absolute atomic E-state index is 5.14. The Labute approximate surface area is 161 Å². The summed E-state index contributed by atoms with van der Waals surface area (Å²) in [6, 6.07) is 5.03. The van der Waals surface area contributed by atoms with Crippen molar-refractivity contribution in [3.05, 3.63) is 39.1 Å². The van der Waals surface area contributed by atoms with E-state index in [0.29, 0.717) is 6.04 Å². The normalized spacial score (nSPS) is 20.8. The molecule has 142 valence electrons. The predicted octanol–water partition coefficient (Wildman–Crippen LogP) is 4.12. The van der Waals surface area contributed by atoms with Crippen molar-refractivity contribution in [2.45, 2.75) is 65.1 Å². The van der Waals surface area contributed by atoms with Crippen LogP contribution in [0, 0.1) is 13.8 Å². The lowest BCUT2D eigenvalue weighted by molar-refractivity contribution is 0.100. The van der Waals surface area contributed by atoms with E-state index in [4.69, 9.17) is 4.98 Å². The van der Waals surface area contributed by atoms with Crippen LogP contribution in [0.4, 0.5) is 0 Å². The van der Waals surface area contributed by atoms with E-state index in [1.165, 1.54) is 52.9 Å². The number of rotatable bonds is 3. The molecule has 4 nitrogen and oxygen atoms in total. The van der Waals surface area contributed by atoms with Gasteiger partial charge < -0.3 is 9.47 Å². The van der Waals surface area contributed by atoms with Crippen molar-refractivity contribution in [3.63, 3.8) is 0 Å². The van der Waals surface area contributed by atoms with Crippen LogP contribution >= 0.6 is 11.3 Å². The number of piperidine rings is 1. The van der Waals surface area contributed by atoms with Crippen molar-refractivity contribution < 1.29 is 0 Å². The Morgan fingerprint density at radius 3 is 2.54 bits per heavy atom. The van der Waals surface area contributed by atoms with Gasteiger partial charge >= 0.3 is 0 Å². The van der Waals surface area contributed by atoms with Crippen molar-refractivity contribution in [2.75, 3.05) is 26.7 Å². The van der Waals surface area contributed by atoms with Crippen LogP contribution < -0.4 is 0 Å². The summed E-state index contributed by atoms with van der Waals surface area (Å²) in [5, 5.41) is 0. The monoisotopic (exact) mass is 372 g/mol. The van der Waals surface area contributed by atoms with E-state index in [1.54, 1.807) is 0 Å². The van der Waals surface area contributed by atoms with E-state index >= 15 is 0 Å². The van der Waals surface area contributed by atoms with Crippen LogP contribution in [-0.4, -0.2) is 46.0 Å². The predicted molar refractivity (Wildman–Crippen MR) is 109 cm³/mol. The minimum atomic E-state index is 0.233. The molecule has 4 heterocycles. The molecule has 2 aliphatic heterocycles. The molecule has 0 amide bonds. The maximum Gasteiger partial charge on any atom is 0.106 e. The fourth-order valence-electron chi connectivity index (χ4n) is 4.97. The van der Waals surface area contributed by atoms with Gasteiger partial charge in [-0.05, 0) is 72.8 Å². The van der Waals surface area contributed by atoms with Crippen molar-refractivity contribution in [2.24, 2.45) is 0 Å².